The lowest BCUT2D eigenvalue weighted by Crippen LogP contribution is -2.46. The van der Waals surface area contributed by atoms with Crippen molar-refractivity contribution in [1.82, 2.24) is 29.4 Å². The fourth-order valence-corrected chi connectivity index (χ4v) is 5.52. The fourth-order valence-electron chi connectivity index (χ4n) is 5.52. The molecular formula is C22H32N6O. The number of likely N-dealkylation sites (tertiary alicyclic amines) is 2. The zero-order chi connectivity index (χ0) is 20.0. The number of aromatic nitrogens is 4. The van der Waals surface area contributed by atoms with Crippen molar-refractivity contribution in [2.45, 2.75) is 58.8 Å². The Labute approximate surface area is 172 Å². The van der Waals surface area contributed by atoms with E-state index in [1.807, 2.05) is 13.8 Å². The van der Waals surface area contributed by atoms with E-state index in [-0.39, 0.29) is 0 Å². The summed E-state index contributed by atoms with van der Waals surface area (Å²) >= 11 is 0. The van der Waals surface area contributed by atoms with Gasteiger partial charge in [-0.05, 0) is 70.4 Å². The molecule has 7 nitrogen and oxygen atoms in total. The van der Waals surface area contributed by atoms with Crippen LogP contribution in [-0.4, -0.2) is 68.0 Å². The highest BCUT2D eigenvalue weighted by Crippen LogP contribution is 2.40. The van der Waals surface area contributed by atoms with Crippen LogP contribution in [0.3, 0.4) is 0 Å². The van der Waals surface area contributed by atoms with Gasteiger partial charge < -0.3 is 9.80 Å². The normalized spacial score (nSPS) is 25.4. The molecule has 1 aliphatic carbocycles. The lowest BCUT2D eigenvalue weighted by Gasteiger charge is -2.40. The van der Waals surface area contributed by atoms with E-state index >= 15 is 0 Å². The van der Waals surface area contributed by atoms with Crippen LogP contribution in [0.2, 0.25) is 0 Å². The molecule has 0 bridgehead atoms. The maximum Gasteiger partial charge on any atom is 0.252 e. The molecule has 0 aromatic carbocycles. The molecular weight excluding hydrogens is 364 g/mol. The largest absolute Gasteiger partial charge is 0.342 e. The number of piperidine rings is 1. The lowest BCUT2D eigenvalue weighted by atomic mass is 9.79. The minimum atomic E-state index is 0.290. The number of amides is 1. The van der Waals surface area contributed by atoms with Gasteiger partial charge in [0.15, 0.2) is 0 Å². The predicted molar refractivity (Wildman–Crippen MR) is 111 cm³/mol. The van der Waals surface area contributed by atoms with Crippen LogP contribution in [0, 0.1) is 25.2 Å². The van der Waals surface area contributed by atoms with E-state index in [1.54, 1.807) is 4.52 Å². The highest BCUT2D eigenvalue weighted by atomic mass is 16.2. The van der Waals surface area contributed by atoms with E-state index in [2.05, 4.69) is 24.9 Å². The summed E-state index contributed by atoms with van der Waals surface area (Å²) in [6, 6.07) is 0. The SMILES string of the molecule is Cc1nc2ncnn2c(C)c1CCC(=O)N1CC[C@]2(CCCN(CC3CC3)C2)C1. The Morgan fingerprint density at radius 2 is 2.07 bits per heavy atom. The molecule has 7 heteroatoms. The number of rotatable bonds is 5. The van der Waals surface area contributed by atoms with Gasteiger partial charge in [0, 0.05) is 49.4 Å². The van der Waals surface area contributed by atoms with Crippen LogP contribution in [-0.2, 0) is 11.2 Å². The zero-order valence-electron chi connectivity index (χ0n) is 17.7. The van der Waals surface area contributed by atoms with E-state index in [0.29, 0.717) is 23.5 Å². The summed E-state index contributed by atoms with van der Waals surface area (Å²) in [6.07, 6.45) is 9.38. The summed E-state index contributed by atoms with van der Waals surface area (Å²) in [7, 11) is 0. The average molecular weight is 397 g/mol. The van der Waals surface area contributed by atoms with Gasteiger partial charge in [-0.25, -0.2) is 9.50 Å². The Morgan fingerprint density at radius 3 is 2.90 bits per heavy atom. The molecule has 2 aromatic heterocycles. The zero-order valence-corrected chi connectivity index (χ0v) is 17.7. The molecule has 0 radical (unpaired) electrons. The topological polar surface area (TPSA) is 66.6 Å². The van der Waals surface area contributed by atoms with E-state index < -0.39 is 0 Å². The van der Waals surface area contributed by atoms with Gasteiger partial charge in [0.1, 0.15) is 6.33 Å². The summed E-state index contributed by atoms with van der Waals surface area (Å²) in [5, 5.41) is 4.26. The van der Waals surface area contributed by atoms with E-state index in [4.69, 9.17) is 0 Å². The maximum absolute atomic E-state index is 13.0. The van der Waals surface area contributed by atoms with Gasteiger partial charge >= 0.3 is 0 Å². The van der Waals surface area contributed by atoms with Gasteiger partial charge in [0.05, 0.1) is 0 Å². The molecule has 0 N–H and O–H groups in total. The molecule has 2 aliphatic heterocycles. The Hall–Kier alpha value is -2.02. The van der Waals surface area contributed by atoms with E-state index in [9.17, 15) is 4.79 Å². The van der Waals surface area contributed by atoms with E-state index in [1.165, 1.54) is 58.1 Å². The fraction of sp³-hybridized carbons (Fsp3) is 0.727. The molecule has 2 saturated heterocycles. The standard InChI is InChI=1S/C22H32N6O/c1-16-19(17(2)28-21(25-16)23-15-24-28)6-7-20(29)27-11-9-22(14-27)8-3-10-26(13-22)12-18-4-5-18/h15,18H,3-14H2,1-2H3/t22-/m0/s1. The van der Waals surface area contributed by atoms with Crippen molar-refractivity contribution in [3.8, 4) is 0 Å². The first kappa shape index (κ1) is 19.0. The van der Waals surface area contributed by atoms with Crippen LogP contribution in [0.5, 0.6) is 0 Å². The van der Waals surface area contributed by atoms with Crippen molar-refractivity contribution < 1.29 is 4.79 Å². The first-order valence-corrected chi connectivity index (χ1v) is 11.2. The number of hydrogen-bond acceptors (Lipinski definition) is 5. The molecule has 0 unspecified atom stereocenters. The van der Waals surface area contributed by atoms with Crippen molar-refractivity contribution in [2.24, 2.45) is 11.3 Å². The van der Waals surface area contributed by atoms with Gasteiger partial charge in [0.2, 0.25) is 5.91 Å². The van der Waals surface area contributed by atoms with E-state index in [0.717, 1.165) is 42.4 Å². The second-order valence-corrected chi connectivity index (χ2v) is 9.58. The number of nitrogens with zero attached hydrogens (tertiary/aromatic N) is 6. The van der Waals surface area contributed by atoms with Crippen LogP contribution in [0.4, 0.5) is 0 Å². The minimum Gasteiger partial charge on any atom is -0.342 e. The maximum atomic E-state index is 13.0. The van der Waals surface area contributed by atoms with Gasteiger partial charge in [-0.2, -0.15) is 10.1 Å². The van der Waals surface area contributed by atoms with Gasteiger partial charge in [-0.15, -0.1) is 0 Å². The van der Waals surface area contributed by atoms with Crippen molar-refractivity contribution in [3.05, 3.63) is 23.3 Å². The number of carbonyl (C=O) groups is 1. The summed E-state index contributed by atoms with van der Waals surface area (Å²) in [5.41, 5.74) is 3.46. The average Bonchev–Trinajstić information content (AvgIpc) is 3.22. The van der Waals surface area contributed by atoms with Crippen molar-refractivity contribution in [2.75, 3.05) is 32.7 Å². The third kappa shape index (κ3) is 3.77. The molecule has 4 heterocycles. The first-order chi connectivity index (χ1) is 14.0. The molecule has 1 amide bonds. The lowest BCUT2D eigenvalue weighted by molar-refractivity contribution is -0.130. The van der Waals surface area contributed by atoms with Gasteiger partial charge in [-0.3, -0.25) is 4.79 Å². The Kier molecular flexibility index (Phi) is 4.81. The summed E-state index contributed by atoms with van der Waals surface area (Å²) in [5.74, 6) is 1.87. The monoisotopic (exact) mass is 396 g/mol. The second kappa shape index (κ2) is 7.35. The smallest absolute Gasteiger partial charge is 0.252 e. The molecule has 1 spiro atoms. The quantitative estimate of drug-likeness (QED) is 0.776. The molecule has 29 heavy (non-hydrogen) atoms. The molecule has 5 rings (SSSR count). The molecule has 3 fully saturated rings. The number of fused-ring (bicyclic) bond motifs is 1. The minimum absolute atomic E-state index is 0.290. The third-order valence-electron chi connectivity index (χ3n) is 7.32. The molecule has 156 valence electrons. The molecule has 1 saturated carbocycles. The third-order valence-corrected chi connectivity index (χ3v) is 7.32. The summed E-state index contributed by atoms with van der Waals surface area (Å²) < 4.78 is 1.77. The number of carbonyl (C=O) groups excluding carboxylic acids is 1. The Bertz CT molecular complexity index is 919. The number of hydrogen-bond donors (Lipinski definition) is 0. The first-order valence-electron chi connectivity index (χ1n) is 11.2. The molecule has 3 aliphatic rings. The van der Waals surface area contributed by atoms with Crippen LogP contribution in [0.1, 0.15) is 55.5 Å². The highest BCUT2D eigenvalue weighted by molar-refractivity contribution is 5.77. The predicted octanol–water partition coefficient (Wildman–Crippen LogP) is 2.40. The van der Waals surface area contributed by atoms with Crippen LogP contribution in [0.15, 0.2) is 6.33 Å². The van der Waals surface area contributed by atoms with Crippen molar-refractivity contribution in [3.63, 3.8) is 0 Å². The van der Waals surface area contributed by atoms with Crippen molar-refractivity contribution in [1.29, 1.82) is 0 Å². The van der Waals surface area contributed by atoms with Crippen LogP contribution < -0.4 is 0 Å². The second-order valence-electron chi connectivity index (χ2n) is 9.58. The van der Waals surface area contributed by atoms with Crippen LogP contribution in [0.25, 0.3) is 5.78 Å². The number of aryl methyl sites for hydroxylation is 2. The van der Waals surface area contributed by atoms with Crippen LogP contribution >= 0.6 is 0 Å². The highest BCUT2D eigenvalue weighted by Gasteiger charge is 2.43. The Morgan fingerprint density at radius 1 is 1.21 bits per heavy atom. The molecule has 2 aromatic rings. The van der Waals surface area contributed by atoms with Crippen molar-refractivity contribution >= 4 is 11.7 Å². The van der Waals surface area contributed by atoms with Gasteiger partial charge in [0.25, 0.3) is 5.78 Å². The van der Waals surface area contributed by atoms with Gasteiger partial charge in [-0.1, -0.05) is 0 Å². The summed E-state index contributed by atoms with van der Waals surface area (Å²) in [6.45, 7) is 9.65. The molecule has 1 atom stereocenters. The summed E-state index contributed by atoms with van der Waals surface area (Å²) in [4.78, 5) is 26.5. The Balaban J connectivity index is 1.21.